The molecule has 0 unspecified atom stereocenters. The topological polar surface area (TPSA) is 92.7 Å². The maximum absolute atomic E-state index is 12.7. The normalized spacial score (nSPS) is 24.7. The molecule has 4 rings (SSSR count). The molecule has 1 amide bonds. The molecule has 1 saturated heterocycles. The summed E-state index contributed by atoms with van der Waals surface area (Å²) in [6.07, 6.45) is 3.94. The first-order chi connectivity index (χ1) is 12.1. The van der Waals surface area contributed by atoms with Gasteiger partial charge < -0.3 is 15.5 Å². The molecule has 2 aliphatic rings. The van der Waals surface area contributed by atoms with Crippen LogP contribution in [0.15, 0.2) is 12.1 Å². The van der Waals surface area contributed by atoms with Crippen molar-refractivity contribution in [3.05, 3.63) is 18.0 Å². The summed E-state index contributed by atoms with van der Waals surface area (Å²) in [6.45, 7) is 4.97. The second-order valence-corrected chi connectivity index (χ2v) is 7.14. The first-order valence-corrected chi connectivity index (χ1v) is 9.10. The molecule has 2 fully saturated rings. The first-order valence-electron chi connectivity index (χ1n) is 9.10. The molecule has 0 spiro atoms. The molecule has 2 aromatic heterocycles. The third-order valence-electron chi connectivity index (χ3n) is 5.38. The lowest BCUT2D eigenvalue weighted by Gasteiger charge is -2.38. The van der Waals surface area contributed by atoms with Crippen molar-refractivity contribution in [3.8, 4) is 0 Å². The molecule has 1 aliphatic carbocycles. The van der Waals surface area contributed by atoms with E-state index in [4.69, 9.17) is 5.73 Å². The van der Waals surface area contributed by atoms with Crippen molar-refractivity contribution < 1.29 is 4.79 Å². The Morgan fingerprint density at radius 3 is 2.72 bits per heavy atom. The molecule has 2 atom stereocenters. The van der Waals surface area contributed by atoms with E-state index in [0.717, 1.165) is 69.2 Å². The maximum atomic E-state index is 12.7. The lowest BCUT2D eigenvalue weighted by Crippen LogP contribution is -2.51. The van der Waals surface area contributed by atoms with E-state index in [0.29, 0.717) is 0 Å². The van der Waals surface area contributed by atoms with Gasteiger partial charge in [0.1, 0.15) is 5.82 Å². The number of nitrogens with zero attached hydrogens (tertiary/aromatic N) is 6. The third-order valence-corrected chi connectivity index (χ3v) is 5.38. The molecule has 1 aliphatic heterocycles. The van der Waals surface area contributed by atoms with Crippen molar-refractivity contribution in [1.29, 1.82) is 0 Å². The molecular formula is C17H25N7O. The highest BCUT2D eigenvalue weighted by Gasteiger charge is 2.31. The van der Waals surface area contributed by atoms with Gasteiger partial charge >= 0.3 is 0 Å². The van der Waals surface area contributed by atoms with Gasteiger partial charge in [-0.25, -0.2) is 0 Å². The summed E-state index contributed by atoms with van der Waals surface area (Å²) >= 11 is 0. The fourth-order valence-electron chi connectivity index (χ4n) is 3.92. The lowest BCUT2D eigenvalue weighted by molar-refractivity contribution is -0.137. The van der Waals surface area contributed by atoms with E-state index >= 15 is 0 Å². The van der Waals surface area contributed by atoms with Gasteiger partial charge in [-0.3, -0.25) is 4.79 Å². The highest BCUT2D eigenvalue weighted by Crippen LogP contribution is 2.26. The highest BCUT2D eigenvalue weighted by atomic mass is 16.2. The van der Waals surface area contributed by atoms with Gasteiger partial charge in [0, 0.05) is 38.1 Å². The Kier molecular flexibility index (Phi) is 4.29. The average Bonchev–Trinajstić information content (AvgIpc) is 3.02. The molecule has 0 radical (unpaired) electrons. The average molecular weight is 343 g/mol. The summed E-state index contributed by atoms with van der Waals surface area (Å²) in [7, 11) is 0. The minimum Gasteiger partial charge on any atom is -0.352 e. The van der Waals surface area contributed by atoms with Gasteiger partial charge in [0.25, 0.3) is 0 Å². The zero-order valence-corrected chi connectivity index (χ0v) is 14.6. The predicted octanol–water partition coefficient (Wildman–Crippen LogP) is 0.599. The molecule has 25 heavy (non-hydrogen) atoms. The van der Waals surface area contributed by atoms with Crippen molar-refractivity contribution >= 4 is 17.4 Å². The van der Waals surface area contributed by atoms with Gasteiger partial charge in [0.15, 0.2) is 11.5 Å². The number of anilines is 1. The number of aryl methyl sites for hydroxylation is 1. The summed E-state index contributed by atoms with van der Waals surface area (Å²) in [5.74, 6) is 2.08. The van der Waals surface area contributed by atoms with Gasteiger partial charge in [-0.15, -0.1) is 15.3 Å². The van der Waals surface area contributed by atoms with Gasteiger partial charge in [-0.05, 0) is 38.3 Å². The van der Waals surface area contributed by atoms with Crippen molar-refractivity contribution in [2.24, 2.45) is 11.7 Å². The minimum absolute atomic E-state index is 0.115. The number of hydrogen-bond acceptors (Lipinski definition) is 6. The van der Waals surface area contributed by atoms with E-state index in [9.17, 15) is 4.79 Å². The van der Waals surface area contributed by atoms with Crippen molar-refractivity contribution in [2.45, 2.75) is 38.6 Å². The Bertz CT molecular complexity index is 765. The van der Waals surface area contributed by atoms with Crippen molar-refractivity contribution in [1.82, 2.24) is 24.7 Å². The SMILES string of the molecule is Cc1nnc2ccc(N3CCN(C(=O)[C@H]4CCC[C@H](N)C4)CC3)nn12. The van der Waals surface area contributed by atoms with E-state index in [-0.39, 0.29) is 17.9 Å². The van der Waals surface area contributed by atoms with E-state index in [2.05, 4.69) is 20.2 Å². The Morgan fingerprint density at radius 2 is 1.96 bits per heavy atom. The van der Waals surface area contributed by atoms with Crippen LogP contribution in [0.3, 0.4) is 0 Å². The van der Waals surface area contributed by atoms with Gasteiger partial charge in [0.2, 0.25) is 5.91 Å². The number of hydrogen-bond donors (Lipinski definition) is 1. The van der Waals surface area contributed by atoms with Crippen LogP contribution in [0, 0.1) is 12.8 Å². The number of carbonyl (C=O) groups is 1. The lowest BCUT2D eigenvalue weighted by atomic mass is 9.85. The molecule has 2 N–H and O–H groups in total. The van der Waals surface area contributed by atoms with Crippen LogP contribution in [-0.4, -0.2) is 62.8 Å². The van der Waals surface area contributed by atoms with Crippen LogP contribution in [0.4, 0.5) is 5.82 Å². The number of aromatic nitrogens is 4. The smallest absolute Gasteiger partial charge is 0.225 e. The summed E-state index contributed by atoms with van der Waals surface area (Å²) in [4.78, 5) is 17.0. The summed E-state index contributed by atoms with van der Waals surface area (Å²) in [5.41, 5.74) is 6.79. The number of carbonyl (C=O) groups excluding carboxylic acids is 1. The molecule has 1 saturated carbocycles. The fourth-order valence-corrected chi connectivity index (χ4v) is 3.92. The Morgan fingerprint density at radius 1 is 1.16 bits per heavy atom. The predicted molar refractivity (Wildman–Crippen MR) is 94.2 cm³/mol. The standard InChI is InChI=1S/C17H25N7O/c1-12-19-20-15-5-6-16(21-24(12)15)22-7-9-23(10-8-22)17(25)13-3-2-4-14(18)11-13/h5-6,13-14H,2-4,7-11,18H2,1H3/t13-,14-/m0/s1. The van der Waals surface area contributed by atoms with Gasteiger partial charge in [-0.2, -0.15) is 4.52 Å². The van der Waals surface area contributed by atoms with E-state index < -0.39 is 0 Å². The molecule has 8 heteroatoms. The largest absolute Gasteiger partial charge is 0.352 e. The third kappa shape index (κ3) is 3.18. The van der Waals surface area contributed by atoms with E-state index in [1.807, 2.05) is 24.0 Å². The zero-order chi connectivity index (χ0) is 17.4. The zero-order valence-electron chi connectivity index (χ0n) is 14.6. The summed E-state index contributed by atoms with van der Waals surface area (Å²) < 4.78 is 1.76. The van der Waals surface area contributed by atoms with Gasteiger partial charge in [-0.1, -0.05) is 6.42 Å². The van der Waals surface area contributed by atoms with Crippen LogP contribution < -0.4 is 10.6 Å². The summed E-state index contributed by atoms with van der Waals surface area (Å²) in [6, 6.07) is 4.09. The van der Waals surface area contributed by atoms with Crippen LogP contribution in [0.25, 0.3) is 5.65 Å². The van der Waals surface area contributed by atoms with Crippen molar-refractivity contribution in [3.63, 3.8) is 0 Å². The van der Waals surface area contributed by atoms with E-state index in [1.165, 1.54) is 0 Å². The second kappa shape index (κ2) is 6.59. The maximum Gasteiger partial charge on any atom is 0.225 e. The number of amides is 1. The molecule has 134 valence electrons. The van der Waals surface area contributed by atoms with Crippen LogP contribution in [0.1, 0.15) is 31.5 Å². The molecule has 0 bridgehead atoms. The van der Waals surface area contributed by atoms with Crippen LogP contribution in [0.2, 0.25) is 0 Å². The van der Waals surface area contributed by atoms with Crippen LogP contribution >= 0.6 is 0 Å². The Labute approximate surface area is 147 Å². The van der Waals surface area contributed by atoms with E-state index in [1.54, 1.807) is 4.52 Å². The fraction of sp³-hybridized carbons (Fsp3) is 0.647. The van der Waals surface area contributed by atoms with Gasteiger partial charge in [0.05, 0.1) is 0 Å². The second-order valence-electron chi connectivity index (χ2n) is 7.14. The first kappa shape index (κ1) is 16.3. The molecule has 2 aromatic rings. The highest BCUT2D eigenvalue weighted by molar-refractivity contribution is 5.79. The molecule has 8 nitrogen and oxygen atoms in total. The monoisotopic (exact) mass is 343 g/mol. The quantitative estimate of drug-likeness (QED) is 0.858. The number of rotatable bonds is 2. The van der Waals surface area contributed by atoms with Crippen molar-refractivity contribution in [2.75, 3.05) is 31.1 Å². The number of piperazine rings is 1. The summed E-state index contributed by atoms with van der Waals surface area (Å²) in [5, 5.41) is 12.7. The molecule has 0 aromatic carbocycles. The number of fused-ring (bicyclic) bond motifs is 1. The Hall–Kier alpha value is -2.22. The van der Waals surface area contributed by atoms with Crippen LogP contribution in [0.5, 0.6) is 0 Å². The molecule has 3 heterocycles. The Balaban J connectivity index is 1.40. The number of nitrogens with two attached hydrogens (primary N) is 1. The van der Waals surface area contributed by atoms with Crippen LogP contribution in [-0.2, 0) is 4.79 Å². The minimum atomic E-state index is 0.115. The molecular weight excluding hydrogens is 318 g/mol.